The first-order valence-corrected chi connectivity index (χ1v) is 10.8. The van der Waals surface area contributed by atoms with Crippen LogP contribution in [-0.2, 0) is 12.8 Å². The largest absolute Gasteiger partial charge is 0.269 e. The molecule has 7 heteroatoms. The maximum absolute atomic E-state index is 13.6. The van der Waals surface area contributed by atoms with Crippen LogP contribution >= 0.6 is 11.3 Å². The summed E-state index contributed by atoms with van der Waals surface area (Å²) in [6.45, 7) is 0. The number of rotatable bonds is 4. The summed E-state index contributed by atoms with van der Waals surface area (Å²) in [7, 11) is 0. The molecule has 2 N–H and O–H groups in total. The molecule has 0 spiro atoms. The number of thiophene rings is 1. The smallest absolute Gasteiger partial charge is 0.268 e. The number of hydrogen-bond donors (Lipinski definition) is 2. The molecule has 0 fully saturated rings. The van der Waals surface area contributed by atoms with Crippen molar-refractivity contribution in [3.63, 3.8) is 0 Å². The standard InChI is InChI=1S/C23H20N4O2S/c28-20(15-9-3-1-4-10-15)25-26-23-24-21-19(17-13-7-8-14-18(17)30-21)22(29)27(23)16-11-5-2-6-12-16/h1-6,9-12H,7-8,13-14H2,(H,24,26)(H,25,28). The molecule has 2 heterocycles. The molecule has 6 nitrogen and oxygen atoms in total. The van der Waals surface area contributed by atoms with Crippen molar-refractivity contribution >= 4 is 33.4 Å². The molecule has 0 aliphatic heterocycles. The minimum absolute atomic E-state index is 0.109. The number of nitrogens with zero attached hydrogens (tertiary/aromatic N) is 2. The third-order valence-corrected chi connectivity index (χ3v) is 6.51. The van der Waals surface area contributed by atoms with Crippen LogP contribution in [0.1, 0.15) is 33.6 Å². The van der Waals surface area contributed by atoms with Crippen molar-refractivity contribution in [1.29, 1.82) is 0 Å². The van der Waals surface area contributed by atoms with E-state index in [0.717, 1.165) is 36.1 Å². The van der Waals surface area contributed by atoms with Gasteiger partial charge in [-0.15, -0.1) is 11.3 Å². The van der Waals surface area contributed by atoms with Gasteiger partial charge in [0.15, 0.2) is 0 Å². The number of carbonyl (C=O) groups is 1. The normalized spacial score (nSPS) is 13.1. The number of fused-ring (bicyclic) bond motifs is 3. The lowest BCUT2D eigenvalue weighted by atomic mass is 9.97. The van der Waals surface area contributed by atoms with Gasteiger partial charge < -0.3 is 0 Å². The zero-order chi connectivity index (χ0) is 20.5. The van der Waals surface area contributed by atoms with Crippen LogP contribution < -0.4 is 16.4 Å². The molecule has 30 heavy (non-hydrogen) atoms. The number of benzene rings is 2. The van der Waals surface area contributed by atoms with Gasteiger partial charge in [-0.05, 0) is 55.5 Å². The molecule has 1 aliphatic carbocycles. The van der Waals surface area contributed by atoms with Gasteiger partial charge in [0, 0.05) is 10.4 Å². The number of nitrogens with one attached hydrogen (secondary N) is 2. The first-order chi connectivity index (χ1) is 14.7. The summed E-state index contributed by atoms with van der Waals surface area (Å²) in [6.07, 6.45) is 4.15. The highest BCUT2D eigenvalue weighted by Crippen LogP contribution is 2.34. The Balaban J connectivity index is 1.61. The summed E-state index contributed by atoms with van der Waals surface area (Å²) in [5.41, 5.74) is 7.81. The predicted octanol–water partition coefficient (Wildman–Crippen LogP) is 4.08. The fraction of sp³-hybridized carbons (Fsp3) is 0.174. The molecule has 0 bridgehead atoms. The first-order valence-electron chi connectivity index (χ1n) is 9.96. The van der Waals surface area contributed by atoms with Crippen LogP contribution in [0.5, 0.6) is 0 Å². The zero-order valence-corrected chi connectivity index (χ0v) is 17.0. The number of anilines is 1. The van der Waals surface area contributed by atoms with Gasteiger partial charge in [-0.3, -0.25) is 20.4 Å². The Bertz CT molecular complexity index is 1280. The lowest BCUT2D eigenvalue weighted by Crippen LogP contribution is -2.34. The molecule has 0 unspecified atom stereocenters. The third kappa shape index (κ3) is 3.27. The number of aryl methyl sites for hydroxylation is 2. The molecular weight excluding hydrogens is 396 g/mol. The highest BCUT2D eigenvalue weighted by Gasteiger charge is 2.23. The topological polar surface area (TPSA) is 76.0 Å². The van der Waals surface area contributed by atoms with E-state index in [9.17, 15) is 9.59 Å². The van der Waals surface area contributed by atoms with Gasteiger partial charge in [-0.25, -0.2) is 9.55 Å². The van der Waals surface area contributed by atoms with Crippen molar-refractivity contribution in [2.45, 2.75) is 25.7 Å². The summed E-state index contributed by atoms with van der Waals surface area (Å²) in [6, 6.07) is 18.3. The molecule has 0 atom stereocenters. The van der Waals surface area contributed by atoms with Crippen LogP contribution in [0.15, 0.2) is 65.5 Å². The SMILES string of the molecule is O=C(NNc1nc2sc3c(c2c(=O)n1-c1ccccc1)CCCC3)c1ccccc1. The lowest BCUT2D eigenvalue weighted by molar-refractivity contribution is 0.0962. The molecule has 4 aromatic rings. The van der Waals surface area contributed by atoms with E-state index in [-0.39, 0.29) is 11.5 Å². The Hall–Kier alpha value is -3.45. The quantitative estimate of drug-likeness (QED) is 0.492. The summed E-state index contributed by atoms with van der Waals surface area (Å²) >= 11 is 1.59. The van der Waals surface area contributed by atoms with Crippen molar-refractivity contribution in [3.05, 3.63) is 87.0 Å². The van der Waals surface area contributed by atoms with Crippen LogP contribution in [-0.4, -0.2) is 15.5 Å². The Morgan fingerprint density at radius 1 is 0.967 bits per heavy atom. The Morgan fingerprint density at radius 2 is 1.67 bits per heavy atom. The Kier molecular flexibility index (Phi) is 4.80. The zero-order valence-electron chi connectivity index (χ0n) is 16.2. The molecule has 5 rings (SSSR count). The Labute approximate surface area is 177 Å². The van der Waals surface area contributed by atoms with E-state index in [2.05, 4.69) is 10.9 Å². The van der Waals surface area contributed by atoms with Gasteiger partial charge in [-0.2, -0.15) is 0 Å². The fourth-order valence-corrected chi connectivity index (χ4v) is 5.13. The molecule has 150 valence electrons. The second kappa shape index (κ2) is 7.76. The van der Waals surface area contributed by atoms with E-state index < -0.39 is 0 Å². The van der Waals surface area contributed by atoms with E-state index >= 15 is 0 Å². The summed E-state index contributed by atoms with van der Waals surface area (Å²) in [5.74, 6) is -0.00314. The molecule has 2 aromatic heterocycles. The molecule has 0 saturated heterocycles. The average Bonchev–Trinajstić information content (AvgIpc) is 3.17. The van der Waals surface area contributed by atoms with Gasteiger partial charge >= 0.3 is 0 Å². The molecule has 0 saturated carbocycles. The Morgan fingerprint density at radius 3 is 2.43 bits per heavy atom. The monoisotopic (exact) mass is 416 g/mol. The van der Waals surface area contributed by atoms with Crippen LogP contribution in [0.2, 0.25) is 0 Å². The number of amides is 1. The van der Waals surface area contributed by atoms with Crippen LogP contribution in [0.25, 0.3) is 15.9 Å². The minimum atomic E-state index is -0.296. The highest BCUT2D eigenvalue weighted by molar-refractivity contribution is 7.18. The number of aromatic nitrogens is 2. The van der Waals surface area contributed by atoms with Crippen LogP contribution in [0.3, 0.4) is 0 Å². The van der Waals surface area contributed by atoms with Gasteiger partial charge in [0.1, 0.15) is 4.83 Å². The van der Waals surface area contributed by atoms with Crippen molar-refractivity contribution in [3.8, 4) is 5.69 Å². The van der Waals surface area contributed by atoms with E-state index in [1.807, 2.05) is 36.4 Å². The van der Waals surface area contributed by atoms with E-state index in [0.29, 0.717) is 22.6 Å². The molecule has 2 aromatic carbocycles. The van der Waals surface area contributed by atoms with Crippen molar-refractivity contribution in [1.82, 2.24) is 15.0 Å². The maximum atomic E-state index is 13.6. The number of carbonyl (C=O) groups excluding carboxylic acids is 1. The summed E-state index contributed by atoms with van der Waals surface area (Å²) in [4.78, 5) is 32.8. The maximum Gasteiger partial charge on any atom is 0.269 e. The highest BCUT2D eigenvalue weighted by atomic mass is 32.1. The lowest BCUT2D eigenvalue weighted by Gasteiger charge is -2.15. The van der Waals surface area contributed by atoms with E-state index in [4.69, 9.17) is 4.98 Å². The van der Waals surface area contributed by atoms with Gasteiger partial charge in [0.05, 0.1) is 11.1 Å². The van der Waals surface area contributed by atoms with Gasteiger partial charge in [0.2, 0.25) is 5.95 Å². The van der Waals surface area contributed by atoms with Crippen LogP contribution in [0, 0.1) is 0 Å². The third-order valence-electron chi connectivity index (χ3n) is 5.33. The second-order valence-electron chi connectivity index (χ2n) is 7.25. The fourth-order valence-electron chi connectivity index (χ4n) is 3.88. The number of hydrazine groups is 1. The van der Waals surface area contributed by atoms with E-state index in [1.54, 1.807) is 35.6 Å². The molecule has 1 aliphatic rings. The molecule has 1 amide bonds. The molecular formula is C23H20N4O2S. The first kappa shape index (κ1) is 18.6. The van der Waals surface area contributed by atoms with E-state index in [1.165, 1.54) is 9.44 Å². The van der Waals surface area contributed by atoms with Crippen molar-refractivity contribution in [2.24, 2.45) is 0 Å². The minimum Gasteiger partial charge on any atom is -0.268 e. The summed E-state index contributed by atoms with van der Waals surface area (Å²) < 4.78 is 1.54. The predicted molar refractivity (Wildman–Crippen MR) is 119 cm³/mol. The number of para-hydroxylation sites is 1. The summed E-state index contributed by atoms with van der Waals surface area (Å²) in [5, 5.41) is 0.707. The molecule has 0 radical (unpaired) electrons. The van der Waals surface area contributed by atoms with Gasteiger partial charge in [-0.1, -0.05) is 36.4 Å². The van der Waals surface area contributed by atoms with Crippen molar-refractivity contribution in [2.75, 3.05) is 5.43 Å². The second-order valence-corrected chi connectivity index (χ2v) is 8.33. The van der Waals surface area contributed by atoms with Crippen molar-refractivity contribution < 1.29 is 4.79 Å². The van der Waals surface area contributed by atoms with Gasteiger partial charge in [0.25, 0.3) is 11.5 Å². The number of hydrogen-bond acceptors (Lipinski definition) is 5. The average molecular weight is 417 g/mol. The van der Waals surface area contributed by atoms with Crippen LogP contribution in [0.4, 0.5) is 5.95 Å².